The van der Waals surface area contributed by atoms with E-state index in [0.29, 0.717) is 6.04 Å². The molecule has 2 heteroatoms. The Balaban J connectivity index is 1.38. The summed E-state index contributed by atoms with van der Waals surface area (Å²) in [7, 11) is 0. The molecule has 0 saturated carbocycles. The summed E-state index contributed by atoms with van der Waals surface area (Å²) in [6.07, 6.45) is 6.62. The van der Waals surface area contributed by atoms with E-state index in [-0.39, 0.29) is 0 Å². The van der Waals surface area contributed by atoms with Crippen molar-refractivity contribution >= 4 is 11.3 Å². The normalized spacial score (nSPS) is 21.3. The van der Waals surface area contributed by atoms with Crippen molar-refractivity contribution < 1.29 is 0 Å². The van der Waals surface area contributed by atoms with Crippen LogP contribution >= 0.6 is 11.3 Å². The van der Waals surface area contributed by atoms with Crippen molar-refractivity contribution in [2.75, 3.05) is 6.54 Å². The van der Waals surface area contributed by atoms with Crippen molar-refractivity contribution in [2.24, 2.45) is 0 Å². The molecule has 2 aliphatic carbocycles. The zero-order valence-electron chi connectivity index (χ0n) is 12.7. The fourth-order valence-electron chi connectivity index (χ4n) is 3.69. The number of hydrogen-bond donors (Lipinski definition) is 1. The molecule has 110 valence electrons. The van der Waals surface area contributed by atoms with Crippen LogP contribution in [0.4, 0.5) is 0 Å². The molecule has 2 aliphatic rings. The SMILES string of the molecule is CC(NCC1Cc2ccccc21)c1cc2c(s1)CCCC2. The van der Waals surface area contributed by atoms with E-state index in [1.54, 1.807) is 21.6 Å². The Hall–Kier alpha value is -1.12. The van der Waals surface area contributed by atoms with Gasteiger partial charge in [0.15, 0.2) is 0 Å². The molecule has 0 bridgehead atoms. The average Bonchev–Trinajstić information content (AvgIpc) is 2.92. The van der Waals surface area contributed by atoms with Crippen LogP contribution in [0.5, 0.6) is 0 Å². The van der Waals surface area contributed by atoms with Gasteiger partial charge in [-0.15, -0.1) is 11.3 Å². The van der Waals surface area contributed by atoms with Crippen molar-refractivity contribution in [3.05, 3.63) is 56.8 Å². The summed E-state index contributed by atoms with van der Waals surface area (Å²) < 4.78 is 0. The van der Waals surface area contributed by atoms with Crippen molar-refractivity contribution in [3.8, 4) is 0 Å². The zero-order valence-corrected chi connectivity index (χ0v) is 13.5. The highest BCUT2D eigenvalue weighted by Gasteiger charge is 2.25. The van der Waals surface area contributed by atoms with Gasteiger partial charge in [-0.1, -0.05) is 24.3 Å². The average molecular weight is 297 g/mol. The maximum absolute atomic E-state index is 3.76. The maximum atomic E-state index is 3.76. The fraction of sp³-hybridized carbons (Fsp3) is 0.474. The van der Waals surface area contributed by atoms with Gasteiger partial charge in [0.25, 0.3) is 0 Å². The van der Waals surface area contributed by atoms with E-state index in [0.717, 1.165) is 12.5 Å². The summed E-state index contributed by atoms with van der Waals surface area (Å²) in [5.74, 6) is 0.721. The largest absolute Gasteiger partial charge is 0.309 e. The van der Waals surface area contributed by atoms with Gasteiger partial charge in [-0.05, 0) is 61.8 Å². The molecule has 0 fully saturated rings. The Morgan fingerprint density at radius 3 is 2.90 bits per heavy atom. The first-order valence-electron chi connectivity index (χ1n) is 8.24. The van der Waals surface area contributed by atoms with Crippen molar-refractivity contribution in [3.63, 3.8) is 0 Å². The van der Waals surface area contributed by atoms with Gasteiger partial charge < -0.3 is 5.32 Å². The van der Waals surface area contributed by atoms with Crippen molar-refractivity contribution in [2.45, 2.75) is 51.0 Å². The molecule has 0 saturated heterocycles. The molecule has 0 amide bonds. The molecule has 1 heterocycles. The van der Waals surface area contributed by atoms with Gasteiger partial charge in [0.1, 0.15) is 0 Å². The number of rotatable bonds is 4. The summed E-state index contributed by atoms with van der Waals surface area (Å²) in [5.41, 5.74) is 4.73. The molecular formula is C19H23NS. The molecule has 0 aliphatic heterocycles. The topological polar surface area (TPSA) is 12.0 Å². The van der Waals surface area contributed by atoms with Gasteiger partial charge in [-0.2, -0.15) is 0 Å². The Kier molecular flexibility index (Phi) is 3.60. The highest BCUT2D eigenvalue weighted by molar-refractivity contribution is 7.12. The van der Waals surface area contributed by atoms with Crippen LogP contribution in [0, 0.1) is 0 Å². The molecule has 1 aromatic heterocycles. The Morgan fingerprint density at radius 2 is 2.05 bits per heavy atom. The van der Waals surface area contributed by atoms with Crippen LogP contribution in [0.3, 0.4) is 0 Å². The molecule has 4 rings (SSSR count). The van der Waals surface area contributed by atoms with E-state index < -0.39 is 0 Å². The number of fused-ring (bicyclic) bond motifs is 2. The van der Waals surface area contributed by atoms with E-state index in [1.807, 2.05) is 11.3 Å². The molecule has 0 spiro atoms. The first-order valence-corrected chi connectivity index (χ1v) is 9.05. The van der Waals surface area contributed by atoms with Crippen LogP contribution in [-0.2, 0) is 19.3 Å². The lowest BCUT2D eigenvalue weighted by Gasteiger charge is -2.31. The molecule has 1 N–H and O–H groups in total. The Morgan fingerprint density at radius 1 is 1.19 bits per heavy atom. The quantitative estimate of drug-likeness (QED) is 0.868. The van der Waals surface area contributed by atoms with Crippen LogP contribution in [0.1, 0.15) is 58.2 Å². The predicted molar refractivity (Wildman–Crippen MR) is 90.3 cm³/mol. The number of hydrogen-bond acceptors (Lipinski definition) is 2. The minimum atomic E-state index is 0.494. The third-order valence-electron chi connectivity index (χ3n) is 5.07. The molecule has 1 aromatic carbocycles. The molecular weight excluding hydrogens is 274 g/mol. The third-order valence-corrected chi connectivity index (χ3v) is 6.49. The number of benzene rings is 1. The summed E-state index contributed by atoms with van der Waals surface area (Å²) in [6.45, 7) is 3.43. The van der Waals surface area contributed by atoms with E-state index in [9.17, 15) is 0 Å². The molecule has 2 atom stereocenters. The van der Waals surface area contributed by atoms with Crippen LogP contribution in [0.15, 0.2) is 30.3 Å². The molecule has 21 heavy (non-hydrogen) atoms. The summed E-state index contributed by atoms with van der Waals surface area (Å²) >= 11 is 2.04. The second-order valence-corrected chi connectivity index (χ2v) is 7.70. The lowest BCUT2D eigenvalue weighted by molar-refractivity contribution is 0.493. The monoisotopic (exact) mass is 297 g/mol. The summed E-state index contributed by atoms with van der Waals surface area (Å²) in [4.78, 5) is 3.19. The minimum absolute atomic E-state index is 0.494. The second kappa shape index (κ2) is 5.58. The van der Waals surface area contributed by atoms with Crippen LogP contribution in [-0.4, -0.2) is 6.54 Å². The van der Waals surface area contributed by atoms with E-state index >= 15 is 0 Å². The lowest BCUT2D eigenvalue weighted by atomic mass is 9.77. The summed E-state index contributed by atoms with van der Waals surface area (Å²) in [5, 5.41) is 3.76. The van der Waals surface area contributed by atoms with E-state index in [4.69, 9.17) is 0 Å². The van der Waals surface area contributed by atoms with Gasteiger partial charge in [0, 0.05) is 28.3 Å². The van der Waals surface area contributed by atoms with Crippen LogP contribution < -0.4 is 5.32 Å². The van der Waals surface area contributed by atoms with E-state index in [2.05, 4.69) is 42.6 Å². The first kappa shape index (κ1) is 13.5. The highest BCUT2D eigenvalue weighted by Crippen LogP contribution is 2.36. The van der Waals surface area contributed by atoms with Gasteiger partial charge in [0.2, 0.25) is 0 Å². The fourth-order valence-corrected chi connectivity index (χ4v) is 4.98. The molecule has 0 radical (unpaired) electrons. The van der Waals surface area contributed by atoms with Gasteiger partial charge in [-0.3, -0.25) is 0 Å². The third kappa shape index (κ3) is 2.56. The number of aryl methyl sites for hydroxylation is 2. The highest BCUT2D eigenvalue weighted by atomic mass is 32.1. The van der Waals surface area contributed by atoms with Gasteiger partial charge >= 0.3 is 0 Å². The van der Waals surface area contributed by atoms with Crippen molar-refractivity contribution in [1.82, 2.24) is 5.32 Å². The second-order valence-electron chi connectivity index (χ2n) is 6.53. The number of nitrogens with one attached hydrogen (secondary N) is 1. The van der Waals surface area contributed by atoms with Crippen molar-refractivity contribution in [1.29, 1.82) is 0 Å². The van der Waals surface area contributed by atoms with Crippen LogP contribution in [0.25, 0.3) is 0 Å². The Labute approximate surface area is 131 Å². The number of thiophene rings is 1. The van der Waals surface area contributed by atoms with Gasteiger partial charge in [0.05, 0.1) is 0 Å². The molecule has 1 nitrogen and oxygen atoms in total. The first-order chi connectivity index (χ1) is 10.3. The maximum Gasteiger partial charge on any atom is 0.0386 e. The molecule has 2 aromatic rings. The Bertz CT molecular complexity index is 619. The minimum Gasteiger partial charge on any atom is -0.309 e. The predicted octanol–water partition coefficient (Wildman–Crippen LogP) is 4.62. The summed E-state index contributed by atoms with van der Waals surface area (Å²) in [6, 6.07) is 11.8. The van der Waals surface area contributed by atoms with Crippen LogP contribution in [0.2, 0.25) is 0 Å². The standard InChI is InChI=1S/C19H23NS/c1-13(19-11-15-7-3-5-9-18(15)21-19)20-12-16-10-14-6-2-4-8-17(14)16/h2,4,6,8,11,13,16,20H,3,5,7,9-10,12H2,1H3. The van der Waals surface area contributed by atoms with Gasteiger partial charge in [-0.25, -0.2) is 0 Å². The zero-order chi connectivity index (χ0) is 14.2. The molecule has 2 unspecified atom stereocenters. The lowest BCUT2D eigenvalue weighted by Crippen LogP contribution is -2.30. The smallest absolute Gasteiger partial charge is 0.0386 e. The van der Waals surface area contributed by atoms with E-state index in [1.165, 1.54) is 37.0 Å².